The van der Waals surface area contributed by atoms with Crippen molar-refractivity contribution in [3.05, 3.63) is 52.3 Å². The van der Waals surface area contributed by atoms with Crippen LogP contribution in [0.5, 0.6) is 11.5 Å². The van der Waals surface area contributed by atoms with E-state index in [2.05, 4.69) is 21.2 Å². The predicted octanol–water partition coefficient (Wildman–Crippen LogP) is 4.53. The number of benzene rings is 2. The number of anilines is 1. The summed E-state index contributed by atoms with van der Waals surface area (Å²) in [6.07, 6.45) is 0. The third-order valence-corrected chi connectivity index (χ3v) is 3.86. The number of fused-ring (bicyclic) bond motifs is 1. The Balaban J connectivity index is 1.80. The van der Waals surface area contributed by atoms with Gasteiger partial charge in [0.25, 0.3) is 0 Å². The summed E-state index contributed by atoms with van der Waals surface area (Å²) in [5.41, 5.74) is 1.49. The zero-order chi connectivity index (χ0) is 14.8. The number of hydrogen-bond acceptors (Lipinski definition) is 3. The summed E-state index contributed by atoms with van der Waals surface area (Å²) in [6, 6.07) is 10.7. The molecule has 0 saturated heterocycles. The minimum Gasteiger partial charge on any atom is -0.486 e. The normalized spacial score (nSPS) is 14.6. The molecule has 0 saturated carbocycles. The monoisotopic (exact) mass is 351 g/mol. The Morgan fingerprint density at radius 2 is 1.86 bits per heavy atom. The van der Waals surface area contributed by atoms with E-state index in [1.54, 1.807) is 6.07 Å². The lowest BCUT2D eigenvalue weighted by molar-refractivity contribution is 0.171. The van der Waals surface area contributed by atoms with Gasteiger partial charge in [-0.15, -0.1) is 0 Å². The maximum absolute atomic E-state index is 13.9. The molecule has 0 fully saturated rings. The van der Waals surface area contributed by atoms with Gasteiger partial charge in [0.15, 0.2) is 11.5 Å². The van der Waals surface area contributed by atoms with Gasteiger partial charge in [0.05, 0.1) is 5.69 Å². The fraction of sp³-hybridized carbons (Fsp3) is 0.250. The van der Waals surface area contributed by atoms with Gasteiger partial charge in [-0.25, -0.2) is 4.39 Å². The summed E-state index contributed by atoms with van der Waals surface area (Å²) >= 11 is 3.25. The molecule has 0 amide bonds. The van der Waals surface area contributed by atoms with Gasteiger partial charge in [0.2, 0.25) is 0 Å². The maximum atomic E-state index is 13.9. The average molecular weight is 352 g/mol. The zero-order valence-corrected chi connectivity index (χ0v) is 13.1. The Hall–Kier alpha value is -1.75. The molecule has 0 spiro atoms. The second-order valence-electron chi connectivity index (χ2n) is 4.89. The molecule has 5 heteroatoms. The van der Waals surface area contributed by atoms with E-state index in [-0.39, 0.29) is 11.9 Å². The minimum absolute atomic E-state index is 0.0449. The van der Waals surface area contributed by atoms with Crippen LogP contribution in [-0.2, 0) is 0 Å². The molecule has 1 unspecified atom stereocenters. The molecule has 110 valence electrons. The Morgan fingerprint density at radius 1 is 1.10 bits per heavy atom. The lowest BCUT2D eigenvalue weighted by Gasteiger charge is -2.21. The van der Waals surface area contributed by atoms with Gasteiger partial charge < -0.3 is 14.8 Å². The van der Waals surface area contributed by atoms with Crippen LogP contribution >= 0.6 is 15.9 Å². The molecular weight excluding hydrogens is 337 g/mol. The molecule has 1 aliphatic rings. The van der Waals surface area contributed by atoms with E-state index in [0.29, 0.717) is 18.9 Å². The van der Waals surface area contributed by atoms with Crippen molar-refractivity contribution < 1.29 is 13.9 Å². The van der Waals surface area contributed by atoms with E-state index in [9.17, 15) is 4.39 Å². The van der Waals surface area contributed by atoms with Crippen LogP contribution in [0.1, 0.15) is 18.5 Å². The lowest BCUT2D eigenvalue weighted by atomic mass is 10.1. The fourth-order valence-corrected chi connectivity index (χ4v) is 2.59. The van der Waals surface area contributed by atoms with Crippen LogP contribution in [0.3, 0.4) is 0 Å². The van der Waals surface area contributed by atoms with Crippen molar-refractivity contribution in [2.24, 2.45) is 0 Å². The topological polar surface area (TPSA) is 30.5 Å². The summed E-state index contributed by atoms with van der Waals surface area (Å²) in [6.45, 7) is 3.11. The quantitative estimate of drug-likeness (QED) is 0.880. The van der Waals surface area contributed by atoms with Crippen molar-refractivity contribution in [1.82, 2.24) is 0 Å². The smallest absolute Gasteiger partial charge is 0.161 e. The van der Waals surface area contributed by atoms with Crippen LogP contribution in [0.4, 0.5) is 10.1 Å². The first-order valence-electron chi connectivity index (χ1n) is 6.74. The first kappa shape index (κ1) is 14.2. The van der Waals surface area contributed by atoms with Crippen molar-refractivity contribution in [3.63, 3.8) is 0 Å². The zero-order valence-electron chi connectivity index (χ0n) is 11.5. The van der Waals surface area contributed by atoms with Gasteiger partial charge in [-0.2, -0.15) is 0 Å². The van der Waals surface area contributed by atoms with Gasteiger partial charge >= 0.3 is 0 Å². The van der Waals surface area contributed by atoms with Gasteiger partial charge in [-0.3, -0.25) is 0 Å². The third kappa shape index (κ3) is 3.13. The highest BCUT2D eigenvalue weighted by molar-refractivity contribution is 9.10. The average Bonchev–Trinajstić information content (AvgIpc) is 2.49. The molecule has 21 heavy (non-hydrogen) atoms. The summed E-state index contributed by atoms with van der Waals surface area (Å²) in [4.78, 5) is 0. The first-order valence-corrected chi connectivity index (χ1v) is 7.54. The number of hydrogen-bond donors (Lipinski definition) is 1. The first-order chi connectivity index (χ1) is 10.1. The predicted molar refractivity (Wildman–Crippen MR) is 83.6 cm³/mol. The molecule has 2 aromatic carbocycles. The van der Waals surface area contributed by atoms with Crippen molar-refractivity contribution in [1.29, 1.82) is 0 Å². The van der Waals surface area contributed by atoms with E-state index < -0.39 is 0 Å². The standard InChI is InChI=1S/C16H15BrFNO2/c1-10(19-14-4-3-12(17)9-13(14)18)11-2-5-15-16(8-11)21-7-6-20-15/h2-5,8-10,19H,6-7H2,1H3. The van der Waals surface area contributed by atoms with Gasteiger partial charge in [-0.1, -0.05) is 22.0 Å². The van der Waals surface area contributed by atoms with E-state index in [0.717, 1.165) is 21.5 Å². The number of nitrogens with one attached hydrogen (secondary N) is 1. The van der Waals surface area contributed by atoms with Crippen LogP contribution in [0, 0.1) is 5.82 Å². The van der Waals surface area contributed by atoms with Gasteiger partial charge in [0, 0.05) is 10.5 Å². The Labute approximate surface area is 131 Å². The highest BCUT2D eigenvalue weighted by Gasteiger charge is 2.15. The van der Waals surface area contributed by atoms with E-state index >= 15 is 0 Å². The molecule has 0 aliphatic carbocycles. The molecule has 0 aromatic heterocycles. The SMILES string of the molecule is CC(Nc1ccc(Br)cc1F)c1ccc2c(c1)OCCO2. The van der Waals surface area contributed by atoms with E-state index in [1.165, 1.54) is 6.07 Å². The minimum atomic E-state index is -0.284. The van der Waals surface area contributed by atoms with Crippen molar-refractivity contribution in [2.75, 3.05) is 18.5 Å². The second-order valence-corrected chi connectivity index (χ2v) is 5.81. The largest absolute Gasteiger partial charge is 0.486 e. The third-order valence-electron chi connectivity index (χ3n) is 3.37. The number of ether oxygens (including phenoxy) is 2. The van der Waals surface area contributed by atoms with Crippen LogP contribution in [0.15, 0.2) is 40.9 Å². The highest BCUT2D eigenvalue weighted by Crippen LogP contribution is 2.33. The maximum Gasteiger partial charge on any atom is 0.161 e. The fourth-order valence-electron chi connectivity index (χ4n) is 2.25. The number of halogens is 2. The molecule has 2 aromatic rings. The molecule has 1 heterocycles. The van der Waals surface area contributed by atoms with Crippen LogP contribution in [-0.4, -0.2) is 13.2 Å². The molecular formula is C16H15BrFNO2. The molecule has 0 radical (unpaired) electrons. The van der Waals surface area contributed by atoms with E-state index in [4.69, 9.17) is 9.47 Å². The number of rotatable bonds is 3. The van der Waals surface area contributed by atoms with E-state index in [1.807, 2.05) is 31.2 Å². The van der Waals surface area contributed by atoms with Crippen LogP contribution < -0.4 is 14.8 Å². The highest BCUT2D eigenvalue weighted by atomic mass is 79.9. The summed E-state index contributed by atoms with van der Waals surface area (Å²) in [7, 11) is 0. The Kier molecular flexibility index (Phi) is 4.01. The van der Waals surface area contributed by atoms with Gasteiger partial charge in [0.1, 0.15) is 19.0 Å². The summed E-state index contributed by atoms with van der Waals surface area (Å²) in [5, 5.41) is 3.17. The van der Waals surface area contributed by atoms with Crippen molar-refractivity contribution >= 4 is 21.6 Å². The van der Waals surface area contributed by atoms with Crippen molar-refractivity contribution in [3.8, 4) is 11.5 Å². The molecule has 0 bridgehead atoms. The Bertz CT molecular complexity index is 663. The van der Waals surface area contributed by atoms with Crippen LogP contribution in [0.25, 0.3) is 0 Å². The lowest BCUT2D eigenvalue weighted by Crippen LogP contribution is -2.16. The van der Waals surface area contributed by atoms with Crippen LogP contribution in [0.2, 0.25) is 0 Å². The molecule has 1 N–H and O–H groups in total. The molecule has 1 aliphatic heterocycles. The molecule has 3 nitrogen and oxygen atoms in total. The second kappa shape index (κ2) is 5.93. The molecule has 3 rings (SSSR count). The van der Waals surface area contributed by atoms with Gasteiger partial charge in [-0.05, 0) is 42.8 Å². The van der Waals surface area contributed by atoms with Crippen molar-refractivity contribution in [2.45, 2.75) is 13.0 Å². The molecule has 1 atom stereocenters. The Morgan fingerprint density at radius 3 is 2.62 bits per heavy atom. The summed E-state index contributed by atoms with van der Waals surface area (Å²) in [5.74, 6) is 1.21. The summed E-state index contributed by atoms with van der Waals surface area (Å²) < 4.78 is 25.7.